The average molecular weight is 202 g/mol. The first-order chi connectivity index (χ1) is 6.48. The zero-order valence-electron chi connectivity index (χ0n) is 6.77. The summed E-state index contributed by atoms with van der Waals surface area (Å²) in [5.74, 6) is 0. The summed E-state index contributed by atoms with van der Waals surface area (Å²) in [7, 11) is 0. The fourth-order valence-corrected chi connectivity index (χ4v) is 1.29. The zero-order valence-corrected chi connectivity index (χ0v) is 6.77. The van der Waals surface area contributed by atoms with Gasteiger partial charge >= 0.3 is 11.9 Å². The maximum Gasteiger partial charge on any atom is 0.418 e. The first-order valence-corrected chi connectivity index (χ1v) is 3.77. The van der Waals surface area contributed by atoms with Crippen LogP contribution in [0, 0.1) is 0 Å². The van der Waals surface area contributed by atoms with Crippen LogP contribution in [0.25, 0.3) is 11.0 Å². The van der Waals surface area contributed by atoms with Gasteiger partial charge in [-0.25, -0.2) is 4.79 Å². The molecule has 0 saturated heterocycles. The van der Waals surface area contributed by atoms with E-state index in [0.29, 0.717) is 0 Å². The lowest BCUT2D eigenvalue weighted by molar-refractivity contribution is -0.136. The number of alkyl halides is 3. The molecule has 74 valence electrons. The van der Waals surface area contributed by atoms with E-state index in [9.17, 15) is 18.0 Å². The highest BCUT2D eigenvalue weighted by molar-refractivity contribution is 5.78. The van der Waals surface area contributed by atoms with Gasteiger partial charge in [0.1, 0.15) is 0 Å². The van der Waals surface area contributed by atoms with E-state index < -0.39 is 17.4 Å². The Morgan fingerprint density at radius 1 is 1.14 bits per heavy atom. The van der Waals surface area contributed by atoms with E-state index in [0.717, 1.165) is 6.07 Å². The van der Waals surface area contributed by atoms with E-state index in [1.807, 2.05) is 0 Å². The number of halogens is 3. The smallest absolute Gasteiger partial charge is 0.306 e. The highest BCUT2D eigenvalue weighted by Crippen LogP contribution is 2.32. The Labute approximate surface area is 75.6 Å². The van der Waals surface area contributed by atoms with Crippen LogP contribution in [0.3, 0.4) is 0 Å². The molecule has 0 fully saturated rings. The number of imidazole rings is 1. The summed E-state index contributed by atoms with van der Waals surface area (Å²) in [5, 5.41) is 0. The molecule has 6 heteroatoms. The molecule has 0 atom stereocenters. The number of benzene rings is 1. The Balaban J connectivity index is 2.83. The number of aromatic nitrogens is 2. The molecular formula is C8H5F3N2O. The molecule has 0 spiro atoms. The molecule has 2 rings (SSSR count). The molecule has 2 aromatic rings. The molecule has 14 heavy (non-hydrogen) atoms. The van der Waals surface area contributed by atoms with Gasteiger partial charge in [-0.15, -0.1) is 0 Å². The first-order valence-electron chi connectivity index (χ1n) is 3.77. The van der Waals surface area contributed by atoms with Gasteiger partial charge in [0.15, 0.2) is 0 Å². The van der Waals surface area contributed by atoms with Crippen LogP contribution in [0.1, 0.15) is 5.56 Å². The van der Waals surface area contributed by atoms with Crippen LogP contribution in [-0.4, -0.2) is 9.97 Å². The van der Waals surface area contributed by atoms with Crippen molar-refractivity contribution < 1.29 is 13.2 Å². The maximum absolute atomic E-state index is 12.4. The van der Waals surface area contributed by atoms with Crippen molar-refractivity contribution in [2.45, 2.75) is 6.18 Å². The van der Waals surface area contributed by atoms with Crippen LogP contribution in [0.4, 0.5) is 13.2 Å². The number of hydrogen-bond acceptors (Lipinski definition) is 1. The minimum absolute atomic E-state index is 0.157. The summed E-state index contributed by atoms with van der Waals surface area (Å²) >= 11 is 0. The number of hydrogen-bond donors (Lipinski definition) is 2. The van der Waals surface area contributed by atoms with Crippen LogP contribution >= 0.6 is 0 Å². The third kappa shape index (κ3) is 1.28. The van der Waals surface area contributed by atoms with Gasteiger partial charge in [-0.05, 0) is 12.1 Å². The van der Waals surface area contributed by atoms with E-state index in [1.54, 1.807) is 0 Å². The minimum atomic E-state index is -4.45. The lowest BCUT2D eigenvalue weighted by Gasteiger charge is -2.06. The van der Waals surface area contributed by atoms with Gasteiger partial charge in [0.05, 0.1) is 16.6 Å². The topological polar surface area (TPSA) is 48.6 Å². The highest BCUT2D eigenvalue weighted by Gasteiger charge is 2.33. The predicted octanol–water partition coefficient (Wildman–Crippen LogP) is 1.87. The third-order valence-corrected chi connectivity index (χ3v) is 1.86. The van der Waals surface area contributed by atoms with Crippen molar-refractivity contribution in [3.8, 4) is 0 Å². The van der Waals surface area contributed by atoms with Crippen molar-refractivity contribution in [3.63, 3.8) is 0 Å². The standard InChI is InChI=1S/C8H5F3N2O/c9-8(10,11)4-2-1-3-5-6(4)13-7(14)12-5/h1-3H,(H2,12,13,14). The molecule has 0 radical (unpaired) electrons. The number of fused-ring (bicyclic) bond motifs is 1. The first kappa shape index (κ1) is 8.86. The lowest BCUT2D eigenvalue weighted by atomic mass is 10.2. The second kappa shape index (κ2) is 2.63. The number of rotatable bonds is 0. The van der Waals surface area contributed by atoms with Crippen molar-refractivity contribution in [3.05, 3.63) is 34.2 Å². The molecular weight excluding hydrogens is 197 g/mol. The van der Waals surface area contributed by atoms with Crippen LogP contribution in [0.15, 0.2) is 23.0 Å². The second-order valence-corrected chi connectivity index (χ2v) is 2.81. The zero-order chi connectivity index (χ0) is 10.3. The van der Waals surface area contributed by atoms with Crippen molar-refractivity contribution in [1.82, 2.24) is 9.97 Å². The van der Waals surface area contributed by atoms with E-state index in [4.69, 9.17) is 0 Å². The average Bonchev–Trinajstić information content (AvgIpc) is 2.41. The number of H-pyrrole nitrogens is 2. The van der Waals surface area contributed by atoms with Crippen LogP contribution < -0.4 is 5.69 Å². The number of para-hydroxylation sites is 1. The molecule has 1 aromatic heterocycles. The summed E-state index contributed by atoms with van der Waals surface area (Å²) in [6.07, 6.45) is -4.45. The van der Waals surface area contributed by atoms with E-state index in [1.165, 1.54) is 12.1 Å². The third-order valence-electron chi connectivity index (χ3n) is 1.86. The van der Waals surface area contributed by atoms with E-state index in [-0.39, 0.29) is 11.0 Å². The Morgan fingerprint density at radius 2 is 1.86 bits per heavy atom. The fourth-order valence-electron chi connectivity index (χ4n) is 1.29. The van der Waals surface area contributed by atoms with E-state index in [2.05, 4.69) is 9.97 Å². The van der Waals surface area contributed by atoms with Gasteiger partial charge in [-0.3, -0.25) is 0 Å². The van der Waals surface area contributed by atoms with Crippen molar-refractivity contribution in [2.24, 2.45) is 0 Å². The molecule has 1 heterocycles. The number of nitrogens with one attached hydrogen (secondary N) is 2. The molecule has 0 aliphatic rings. The SMILES string of the molecule is O=c1[nH]c2cccc(C(F)(F)F)c2[nH]1. The summed E-state index contributed by atoms with van der Waals surface area (Å²) in [4.78, 5) is 15.2. The van der Waals surface area contributed by atoms with Gasteiger partial charge in [-0.1, -0.05) is 6.07 Å². The molecule has 0 aliphatic heterocycles. The second-order valence-electron chi connectivity index (χ2n) is 2.81. The highest BCUT2D eigenvalue weighted by atomic mass is 19.4. The quantitative estimate of drug-likeness (QED) is 0.673. The van der Waals surface area contributed by atoms with Gasteiger partial charge in [0.2, 0.25) is 0 Å². The molecule has 2 N–H and O–H groups in total. The van der Waals surface area contributed by atoms with Crippen LogP contribution in [0.5, 0.6) is 0 Å². The minimum Gasteiger partial charge on any atom is -0.306 e. The Bertz CT molecular complexity index is 523. The van der Waals surface area contributed by atoms with Gasteiger partial charge in [0.25, 0.3) is 0 Å². The monoisotopic (exact) mass is 202 g/mol. The fraction of sp³-hybridized carbons (Fsp3) is 0.125. The summed E-state index contributed by atoms with van der Waals surface area (Å²) in [5.41, 5.74) is -1.53. The molecule has 3 nitrogen and oxygen atoms in total. The molecule has 0 amide bonds. The van der Waals surface area contributed by atoms with Crippen molar-refractivity contribution in [1.29, 1.82) is 0 Å². The number of aromatic amines is 2. The maximum atomic E-state index is 12.4. The molecule has 0 aliphatic carbocycles. The van der Waals surface area contributed by atoms with Crippen LogP contribution in [-0.2, 0) is 6.18 Å². The summed E-state index contributed by atoms with van der Waals surface area (Å²) in [6.45, 7) is 0. The van der Waals surface area contributed by atoms with E-state index >= 15 is 0 Å². The summed E-state index contributed by atoms with van der Waals surface area (Å²) < 4.78 is 37.2. The van der Waals surface area contributed by atoms with Gasteiger partial charge < -0.3 is 9.97 Å². The van der Waals surface area contributed by atoms with Gasteiger partial charge in [0, 0.05) is 0 Å². The van der Waals surface area contributed by atoms with Crippen LogP contribution in [0.2, 0.25) is 0 Å². The normalized spacial score (nSPS) is 12.2. The predicted molar refractivity (Wildman–Crippen MR) is 43.9 cm³/mol. The Hall–Kier alpha value is -1.72. The van der Waals surface area contributed by atoms with Gasteiger partial charge in [-0.2, -0.15) is 13.2 Å². The molecule has 1 aromatic carbocycles. The largest absolute Gasteiger partial charge is 0.418 e. The lowest BCUT2D eigenvalue weighted by Crippen LogP contribution is -2.06. The summed E-state index contributed by atoms with van der Waals surface area (Å²) in [6, 6.07) is 3.57. The van der Waals surface area contributed by atoms with Crippen molar-refractivity contribution in [2.75, 3.05) is 0 Å². The van der Waals surface area contributed by atoms with Crippen molar-refractivity contribution >= 4 is 11.0 Å². The molecule has 0 saturated carbocycles. The Kier molecular flexibility index (Phi) is 1.67. The Morgan fingerprint density at radius 3 is 2.50 bits per heavy atom. The molecule has 0 unspecified atom stereocenters. The molecule has 0 bridgehead atoms.